The minimum Gasteiger partial charge on any atom is -0.389 e. The van der Waals surface area contributed by atoms with Crippen LogP contribution < -0.4 is 0 Å². The first-order valence-corrected chi connectivity index (χ1v) is 17.6. The number of fused-ring (bicyclic) bond motifs is 5. The van der Waals surface area contributed by atoms with E-state index >= 15 is 0 Å². The molecule has 2 saturated heterocycles. The Morgan fingerprint density at radius 2 is 1.48 bits per heavy atom. The third kappa shape index (κ3) is 4.76. The van der Waals surface area contributed by atoms with Crippen LogP contribution in [-0.4, -0.2) is 79.1 Å². The monoisotopic (exact) mass is 576 g/mol. The Bertz CT molecular complexity index is 1110. The molecule has 5 fully saturated rings. The highest BCUT2D eigenvalue weighted by molar-refractivity contribution is 5.35. The van der Waals surface area contributed by atoms with Gasteiger partial charge in [-0.05, 0) is 126 Å². The van der Waals surface area contributed by atoms with Gasteiger partial charge in [0.2, 0.25) is 0 Å². The third-order valence-electron chi connectivity index (χ3n) is 13.5. The molecule has 232 valence electrons. The van der Waals surface area contributed by atoms with Gasteiger partial charge in [-0.1, -0.05) is 55.8 Å². The second kappa shape index (κ2) is 11.6. The van der Waals surface area contributed by atoms with Crippen LogP contribution in [0.15, 0.2) is 42.0 Å². The van der Waals surface area contributed by atoms with Gasteiger partial charge in [0.05, 0.1) is 24.9 Å². The second-order valence-corrected chi connectivity index (χ2v) is 15.2. The van der Waals surface area contributed by atoms with Crippen molar-refractivity contribution >= 4 is 0 Å². The lowest BCUT2D eigenvalue weighted by atomic mass is 9.44. The minimum atomic E-state index is -0.697. The fourth-order valence-corrected chi connectivity index (χ4v) is 11.0. The van der Waals surface area contributed by atoms with E-state index in [1.165, 1.54) is 70.3 Å². The van der Waals surface area contributed by atoms with E-state index in [9.17, 15) is 5.11 Å². The topological polar surface area (TPSA) is 45.2 Å². The van der Waals surface area contributed by atoms with E-state index in [-0.39, 0.29) is 16.9 Å². The van der Waals surface area contributed by atoms with Crippen LogP contribution in [0.2, 0.25) is 0 Å². The predicted molar refractivity (Wildman–Crippen MR) is 168 cm³/mol. The quantitative estimate of drug-likeness (QED) is 0.338. The Kier molecular flexibility index (Phi) is 8.14. The zero-order valence-corrected chi connectivity index (χ0v) is 26.5. The molecule has 2 heterocycles. The Morgan fingerprint density at radius 1 is 0.786 bits per heavy atom. The number of nitrogens with zero attached hydrogens (tertiary/aromatic N) is 2. The molecule has 1 aromatic carbocycles. The van der Waals surface area contributed by atoms with Gasteiger partial charge in [-0.2, -0.15) is 0 Å². The first-order valence-electron chi connectivity index (χ1n) is 17.6. The fourth-order valence-electron chi connectivity index (χ4n) is 11.0. The smallest absolute Gasteiger partial charge is 0.101 e. The molecule has 0 radical (unpaired) electrons. The molecule has 0 spiro atoms. The molecule has 7 rings (SSSR count). The molecule has 0 aromatic heterocycles. The molecule has 0 bridgehead atoms. The van der Waals surface area contributed by atoms with Crippen molar-refractivity contribution in [3.05, 3.63) is 47.5 Å². The molecule has 6 aliphatic rings. The summed E-state index contributed by atoms with van der Waals surface area (Å²) in [5.41, 5.74) is 1.67. The lowest BCUT2D eigenvalue weighted by molar-refractivity contribution is -0.236. The fraction of sp³-hybridized carbons (Fsp3) is 0.784. The van der Waals surface area contributed by atoms with Crippen LogP contribution in [-0.2, 0) is 15.1 Å². The van der Waals surface area contributed by atoms with Gasteiger partial charge in [0.15, 0.2) is 0 Å². The number of hydrogen-bond acceptors (Lipinski definition) is 5. The zero-order chi connectivity index (χ0) is 28.8. The highest BCUT2D eigenvalue weighted by atomic mass is 16.5. The van der Waals surface area contributed by atoms with Gasteiger partial charge in [-0.3, -0.25) is 0 Å². The normalized spacial score (nSPS) is 42.3. The molecule has 5 nitrogen and oxygen atoms in total. The van der Waals surface area contributed by atoms with Crippen LogP contribution in [0, 0.1) is 22.7 Å². The molecule has 42 heavy (non-hydrogen) atoms. The summed E-state index contributed by atoms with van der Waals surface area (Å²) in [4.78, 5) is 5.11. The molecule has 5 heteroatoms. The van der Waals surface area contributed by atoms with Crippen LogP contribution in [0.25, 0.3) is 0 Å². The first kappa shape index (κ1) is 29.5. The van der Waals surface area contributed by atoms with Gasteiger partial charge >= 0.3 is 0 Å². The number of benzene rings is 1. The largest absolute Gasteiger partial charge is 0.389 e. The number of hydrogen-bond donors (Lipinski definition) is 1. The molecule has 0 amide bonds. The summed E-state index contributed by atoms with van der Waals surface area (Å²) in [6.07, 6.45) is 16.6. The van der Waals surface area contributed by atoms with Gasteiger partial charge in [0.1, 0.15) is 5.60 Å². The zero-order valence-electron chi connectivity index (χ0n) is 26.5. The number of aliphatic hydroxyl groups is 1. The minimum absolute atomic E-state index is 0.184. The molecular formula is C37H56N2O3. The van der Waals surface area contributed by atoms with E-state index in [2.05, 4.69) is 60.1 Å². The Hall–Kier alpha value is -1.24. The molecule has 1 N–H and O–H groups in total. The Morgan fingerprint density at radius 3 is 2.19 bits per heavy atom. The summed E-state index contributed by atoms with van der Waals surface area (Å²) in [5, 5.41) is 13.0. The van der Waals surface area contributed by atoms with Crippen molar-refractivity contribution in [1.82, 2.24) is 9.80 Å². The van der Waals surface area contributed by atoms with Gasteiger partial charge in [-0.15, -0.1) is 0 Å². The van der Waals surface area contributed by atoms with Crippen molar-refractivity contribution in [3.63, 3.8) is 0 Å². The van der Waals surface area contributed by atoms with Crippen LogP contribution in [0.1, 0.15) is 96.5 Å². The number of ether oxygens (including phenoxy) is 2. The molecular weight excluding hydrogens is 520 g/mol. The van der Waals surface area contributed by atoms with Crippen LogP contribution in [0.4, 0.5) is 0 Å². The van der Waals surface area contributed by atoms with E-state index < -0.39 is 11.2 Å². The molecule has 4 aliphatic carbocycles. The van der Waals surface area contributed by atoms with Crippen LogP contribution >= 0.6 is 0 Å². The highest BCUT2D eigenvalue weighted by Crippen LogP contribution is 2.72. The van der Waals surface area contributed by atoms with Crippen molar-refractivity contribution in [1.29, 1.82) is 0 Å². The summed E-state index contributed by atoms with van der Waals surface area (Å²) in [5.74, 6) is 0.871. The average molecular weight is 577 g/mol. The SMILES string of the molecule is C[C@]12CC[C@H]3[C@@H](CCC4=C[C@@H](OCCN5CCCC5)CC[C@@]43C)[C@@]1(O)CC[C@@]2(OCCN1CCCC1)c1ccccc1. The number of allylic oxidation sites excluding steroid dienone is 1. The van der Waals surface area contributed by atoms with Crippen molar-refractivity contribution in [2.75, 3.05) is 52.5 Å². The first-order chi connectivity index (χ1) is 20.4. The van der Waals surface area contributed by atoms with Crippen LogP contribution in [0.3, 0.4) is 0 Å². The van der Waals surface area contributed by atoms with Gasteiger partial charge in [0, 0.05) is 18.5 Å². The van der Waals surface area contributed by atoms with Gasteiger partial charge < -0.3 is 24.4 Å². The molecule has 0 unspecified atom stereocenters. The summed E-state index contributed by atoms with van der Waals surface area (Å²) >= 11 is 0. The molecule has 7 atom stereocenters. The number of likely N-dealkylation sites (tertiary alicyclic amines) is 2. The predicted octanol–water partition coefficient (Wildman–Crippen LogP) is 6.55. The lowest BCUT2D eigenvalue weighted by Gasteiger charge is -2.63. The maximum atomic E-state index is 13.0. The van der Waals surface area contributed by atoms with E-state index in [1.54, 1.807) is 5.57 Å². The summed E-state index contributed by atoms with van der Waals surface area (Å²) in [7, 11) is 0. The van der Waals surface area contributed by atoms with E-state index in [1.807, 2.05) is 0 Å². The van der Waals surface area contributed by atoms with Gasteiger partial charge in [-0.25, -0.2) is 0 Å². The standard InChI is InChI=1S/C37H56N2O3/c1-34-16-14-31(41-26-24-38-20-6-7-21-38)28-30(34)12-13-33-32(34)15-17-35(2)36(33,40)18-19-37(35,29-10-4-3-5-11-29)42-27-25-39-22-8-9-23-39/h3-5,10-11,28,31-33,40H,6-9,12-27H2,1-2H3/t31-,32-,33+,34-,35-,36-,37+/m0/s1. The van der Waals surface area contributed by atoms with Crippen molar-refractivity contribution in [3.8, 4) is 0 Å². The van der Waals surface area contributed by atoms with Gasteiger partial charge in [0.25, 0.3) is 0 Å². The molecule has 2 aliphatic heterocycles. The lowest BCUT2D eigenvalue weighted by Crippen LogP contribution is -2.64. The van der Waals surface area contributed by atoms with Crippen molar-refractivity contribution in [2.24, 2.45) is 22.7 Å². The maximum absolute atomic E-state index is 13.0. The van der Waals surface area contributed by atoms with E-state index in [4.69, 9.17) is 9.47 Å². The Balaban J connectivity index is 1.10. The van der Waals surface area contributed by atoms with E-state index in [0.29, 0.717) is 11.8 Å². The maximum Gasteiger partial charge on any atom is 0.101 e. The summed E-state index contributed by atoms with van der Waals surface area (Å²) in [6.45, 7) is 13.5. The number of rotatable bonds is 9. The van der Waals surface area contributed by atoms with Crippen LogP contribution in [0.5, 0.6) is 0 Å². The molecule has 1 aromatic rings. The van der Waals surface area contributed by atoms with E-state index in [0.717, 1.165) is 64.8 Å². The Labute approximate surface area is 255 Å². The summed E-state index contributed by atoms with van der Waals surface area (Å²) in [6, 6.07) is 11.0. The van der Waals surface area contributed by atoms with Crippen molar-refractivity contribution in [2.45, 2.75) is 108 Å². The average Bonchev–Trinajstić information content (AvgIpc) is 3.76. The third-order valence-corrected chi connectivity index (χ3v) is 13.5. The van der Waals surface area contributed by atoms with Crippen molar-refractivity contribution < 1.29 is 14.6 Å². The second-order valence-electron chi connectivity index (χ2n) is 15.2. The highest BCUT2D eigenvalue weighted by Gasteiger charge is 2.72. The molecule has 3 saturated carbocycles. The summed E-state index contributed by atoms with van der Waals surface area (Å²) < 4.78 is 13.6.